The van der Waals surface area contributed by atoms with Crippen LogP contribution in [0.1, 0.15) is 19.7 Å². The molecule has 2 heterocycles. The minimum Gasteiger partial charge on any atom is -0.494 e. The molecule has 1 N–H and O–H groups in total. The van der Waals surface area contributed by atoms with E-state index >= 15 is 0 Å². The fraction of sp³-hybridized carbons (Fsp3) is 0.200. The van der Waals surface area contributed by atoms with E-state index in [0.29, 0.717) is 18.0 Å². The summed E-state index contributed by atoms with van der Waals surface area (Å²) < 4.78 is 11.5. The number of anilines is 2. The van der Waals surface area contributed by atoms with Crippen molar-refractivity contribution in [1.82, 2.24) is 9.97 Å². The molecular formula is C20H19N3O2. The molecule has 5 nitrogen and oxygen atoms in total. The Kier molecular flexibility index (Phi) is 3.98. The lowest BCUT2D eigenvalue weighted by Crippen LogP contribution is -2.00. The van der Waals surface area contributed by atoms with E-state index in [4.69, 9.17) is 9.15 Å². The second-order valence-electron chi connectivity index (χ2n) is 5.70. The maximum Gasteiger partial charge on any atom is 0.196 e. The van der Waals surface area contributed by atoms with Crippen LogP contribution in [0.15, 0.2) is 52.9 Å². The highest BCUT2D eigenvalue weighted by molar-refractivity contribution is 6.06. The molecule has 0 unspecified atom stereocenters. The van der Waals surface area contributed by atoms with Crippen LogP contribution in [0.25, 0.3) is 22.1 Å². The molecular weight excluding hydrogens is 314 g/mol. The van der Waals surface area contributed by atoms with Crippen LogP contribution in [0.4, 0.5) is 11.5 Å². The summed E-state index contributed by atoms with van der Waals surface area (Å²) in [7, 11) is 0. The average molecular weight is 333 g/mol. The molecule has 0 aliphatic carbocycles. The van der Waals surface area contributed by atoms with Gasteiger partial charge in [-0.2, -0.15) is 0 Å². The monoisotopic (exact) mass is 333 g/mol. The zero-order chi connectivity index (χ0) is 17.2. The average Bonchev–Trinajstić information content (AvgIpc) is 3.02. The summed E-state index contributed by atoms with van der Waals surface area (Å²) in [6.07, 6.45) is 0.757. The van der Waals surface area contributed by atoms with Crippen molar-refractivity contribution < 1.29 is 9.15 Å². The molecule has 0 radical (unpaired) electrons. The fourth-order valence-electron chi connectivity index (χ4n) is 2.82. The number of hydrogen-bond acceptors (Lipinski definition) is 5. The van der Waals surface area contributed by atoms with Gasteiger partial charge in [0.25, 0.3) is 0 Å². The summed E-state index contributed by atoms with van der Waals surface area (Å²) in [6, 6.07) is 15.7. The van der Waals surface area contributed by atoms with Crippen LogP contribution in [0.2, 0.25) is 0 Å². The number of aromatic nitrogens is 2. The minimum atomic E-state index is 0.651. The van der Waals surface area contributed by atoms with Crippen LogP contribution in [0.3, 0.4) is 0 Å². The summed E-state index contributed by atoms with van der Waals surface area (Å²) in [5.41, 5.74) is 3.25. The molecule has 0 spiro atoms. The van der Waals surface area contributed by atoms with Crippen LogP contribution in [0.5, 0.6) is 5.75 Å². The summed E-state index contributed by atoms with van der Waals surface area (Å²) in [5, 5.41) is 4.36. The molecule has 4 aromatic rings. The predicted molar refractivity (Wildman–Crippen MR) is 99.6 cm³/mol. The van der Waals surface area contributed by atoms with Crippen molar-refractivity contribution in [3.8, 4) is 5.75 Å². The number of benzene rings is 2. The van der Waals surface area contributed by atoms with Gasteiger partial charge in [-0.05, 0) is 43.3 Å². The number of para-hydroxylation sites is 1. The van der Waals surface area contributed by atoms with Crippen LogP contribution < -0.4 is 10.1 Å². The van der Waals surface area contributed by atoms with Crippen molar-refractivity contribution in [2.75, 3.05) is 11.9 Å². The fourth-order valence-corrected chi connectivity index (χ4v) is 2.82. The van der Waals surface area contributed by atoms with E-state index in [0.717, 1.165) is 40.2 Å². The first-order chi connectivity index (χ1) is 12.3. The van der Waals surface area contributed by atoms with E-state index in [1.165, 1.54) is 0 Å². The van der Waals surface area contributed by atoms with Gasteiger partial charge >= 0.3 is 0 Å². The number of hydrogen-bond donors (Lipinski definition) is 1. The third-order valence-corrected chi connectivity index (χ3v) is 4.01. The second kappa shape index (κ2) is 6.43. The number of aryl methyl sites for hydroxylation is 1. The summed E-state index contributed by atoms with van der Waals surface area (Å²) in [4.78, 5) is 9.28. The third-order valence-electron chi connectivity index (χ3n) is 4.01. The normalized spacial score (nSPS) is 11.1. The molecule has 5 heteroatoms. The largest absolute Gasteiger partial charge is 0.494 e. The summed E-state index contributed by atoms with van der Waals surface area (Å²) >= 11 is 0. The first-order valence-electron chi connectivity index (χ1n) is 8.46. The molecule has 0 fully saturated rings. The molecule has 0 saturated heterocycles. The predicted octanol–water partition coefficient (Wildman–Crippen LogP) is 5.08. The third kappa shape index (κ3) is 2.89. The maximum atomic E-state index is 6.01. The van der Waals surface area contributed by atoms with E-state index in [2.05, 4.69) is 15.3 Å². The number of ether oxygens (including phenoxy) is 1. The molecule has 0 saturated carbocycles. The smallest absolute Gasteiger partial charge is 0.196 e. The van der Waals surface area contributed by atoms with Gasteiger partial charge in [-0.1, -0.05) is 19.1 Å². The zero-order valence-electron chi connectivity index (χ0n) is 14.2. The lowest BCUT2D eigenvalue weighted by molar-refractivity contribution is 0.340. The van der Waals surface area contributed by atoms with Gasteiger partial charge in [-0.25, -0.2) is 9.97 Å². The zero-order valence-corrected chi connectivity index (χ0v) is 14.2. The van der Waals surface area contributed by atoms with Gasteiger partial charge in [0, 0.05) is 17.5 Å². The highest BCUT2D eigenvalue weighted by Gasteiger charge is 2.15. The number of rotatable bonds is 5. The van der Waals surface area contributed by atoms with Crippen molar-refractivity contribution in [1.29, 1.82) is 0 Å². The molecule has 25 heavy (non-hydrogen) atoms. The van der Waals surface area contributed by atoms with Gasteiger partial charge < -0.3 is 14.5 Å². The quantitative estimate of drug-likeness (QED) is 0.552. The molecule has 126 valence electrons. The van der Waals surface area contributed by atoms with Crippen LogP contribution in [0, 0.1) is 0 Å². The maximum absolute atomic E-state index is 6.01. The van der Waals surface area contributed by atoms with Crippen LogP contribution in [-0.4, -0.2) is 16.6 Å². The number of furan rings is 1. The molecule has 2 aromatic heterocycles. The van der Waals surface area contributed by atoms with E-state index in [1.54, 1.807) is 0 Å². The number of nitrogens with zero attached hydrogens (tertiary/aromatic N) is 2. The molecule has 4 rings (SSSR count). The highest BCUT2D eigenvalue weighted by Crippen LogP contribution is 2.32. The van der Waals surface area contributed by atoms with Gasteiger partial charge in [0.1, 0.15) is 22.7 Å². The molecule has 0 amide bonds. The Labute approximate surface area is 145 Å². The van der Waals surface area contributed by atoms with Gasteiger partial charge in [0.15, 0.2) is 11.4 Å². The van der Waals surface area contributed by atoms with Crippen molar-refractivity contribution in [2.24, 2.45) is 0 Å². The van der Waals surface area contributed by atoms with Gasteiger partial charge in [-0.3, -0.25) is 0 Å². The molecule has 0 bridgehead atoms. The van der Waals surface area contributed by atoms with Gasteiger partial charge in [0.05, 0.1) is 6.61 Å². The Morgan fingerprint density at radius 3 is 2.56 bits per heavy atom. The van der Waals surface area contributed by atoms with Gasteiger partial charge in [-0.15, -0.1) is 0 Å². The summed E-state index contributed by atoms with van der Waals surface area (Å²) in [5.74, 6) is 2.31. The first kappa shape index (κ1) is 15.4. The standard InChI is InChI=1S/C20H19N3O2/c1-3-17-22-18-15-7-5-6-8-16(15)25-19(18)20(23-17)21-13-9-11-14(12-10-13)24-4-2/h5-12H,3-4H2,1-2H3,(H,21,22,23). The second-order valence-corrected chi connectivity index (χ2v) is 5.70. The topological polar surface area (TPSA) is 60.2 Å². The first-order valence-corrected chi connectivity index (χ1v) is 8.46. The molecule has 0 atom stereocenters. The molecule has 0 aliphatic heterocycles. The van der Waals surface area contributed by atoms with Gasteiger partial charge in [0.2, 0.25) is 0 Å². The number of nitrogens with one attached hydrogen (secondary N) is 1. The van der Waals surface area contributed by atoms with Crippen molar-refractivity contribution >= 4 is 33.6 Å². The minimum absolute atomic E-state index is 0.651. The number of fused-ring (bicyclic) bond motifs is 3. The van der Waals surface area contributed by atoms with E-state index in [-0.39, 0.29) is 0 Å². The Hall–Kier alpha value is -3.08. The SMILES string of the molecule is CCOc1ccc(Nc2nc(CC)nc3c2oc2ccccc23)cc1. The Bertz CT molecular complexity index is 1020. The molecule has 0 aliphatic rings. The van der Waals surface area contributed by atoms with Crippen molar-refractivity contribution in [3.63, 3.8) is 0 Å². The lowest BCUT2D eigenvalue weighted by Gasteiger charge is -2.08. The van der Waals surface area contributed by atoms with E-state index in [9.17, 15) is 0 Å². The van der Waals surface area contributed by atoms with Crippen LogP contribution >= 0.6 is 0 Å². The highest BCUT2D eigenvalue weighted by atomic mass is 16.5. The van der Waals surface area contributed by atoms with Crippen molar-refractivity contribution in [2.45, 2.75) is 20.3 Å². The van der Waals surface area contributed by atoms with Crippen LogP contribution in [-0.2, 0) is 6.42 Å². The van der Waals surface area contributed by atoms with E-state index in [1.807, 2.05) is 62.4 Å². The Morgan fingerprint density at radius 2 is 1.80 bits per heavy atom. The Morgan fingerprint density at radius 1 is 1.00 bits per heavy atom. The van der Waals surface area contributed by atoms with Crippen molar-refractivity contribution in [3.05, 3.63) is 54.4 Å². The molecule has 2 aromatic carbocycles. The Balaban J connectivity index is 1.79. The van der Waals surface area contributed by atoms with E-state index < -0.39 is 0 Å². The summed E-state index contributed by atoms with van der Waals surface area (Å²) in [6.45, 7) is 4.67. The lowest BCUT2D eigenvalue weighted by atomic mass is 10.2.